The average Bonchev–Trinajstić information content (AvgIpc) is 2.98. The number of nitrogens with two attached hydrogens (primary N) is 1. The lowest BCUT2D eigenvalue weighted by molar-refractivity contribution is -0.133. The highest BCUT2D eigenvalue weighted by atomic mass is 35.5. The normalized spacial score (nSPS) is 10.7. The highest BCUT2D eigenvalue weighted by Crippen LogP contribution is 2.36. The van der Waals surface area contributed by atoms with Crippen molar-refractivity contribution in [2.24, 2.45) is 0 Å². The highest BCUT2D eigenvalue weighted by Gasteiger charge is 2.18. The summed E-state index contributed by atoms with van der Waals surface area (Å²) >= 11 is 6.97. The summed E-state index contributed by atoms with van der Waals surface area (Å²) in [5, 5.41) is 9.75. The van der Waals surface area contributed by atoms with Crippen molar-refractivity contribution >= 4 is 35.0 Å². The largest absolute Gasteiger partial charge is 0.481 e. The van der Waals surface area contributed by atoms with Gasteiger partial charge in [-0.3, -0.25) is 4.79 Å². The van der Waals surface area contributed by atoms with Crippen LogP contribution >= 0.6 is 23.4 Å². The fourth-order valence-corrected chi connectivity index (χ4v) is 2.79. The van der Waals surface area contributed by atoms with Crippen LogP contribution in [0.3, 0.4) is 0 Å². The number of aliphatic carboxylic acids is 1. The van der Waals surface area contributed by atoms with E-state index in [2.05, 4.69) is 4.98 Å². The van der Waals surface area contributed by atoms with Crippen molar-refractivity contribution < 1.29 is 14.3 Å². The second-order valence-electron chi connectivity index (χ2n) is 4.97. The van der Waals surface area contributed by atoms with Gasteiger partial charge >= 0.3 is 5.97 Å². The molecule has 7 heteroatoms. The van der Waals surface area contributed by atoms with Crippen LogP contribution in [0, 0.1) is 0 Å². The van der Waals surface area contributed by atoms with Crippen LogP contribution in [-0.4, -0.2) is 21.8 Å². The molecular formula is C17H13ClN2O3S. The third-order valence-corrected chi connectivity index (χ3v) is 4.28. The van der Waals surface area contributed by atoms with Crippen molar-refractivity contribution in [3.8, 4) is 22.6 Å². The van der Waals surface area contributed by atoms with E-state index in [9.17, 15) is 4.79 Å². The molecule has 0 bridgehead atoms. The van der Waals surface area contributed by atoms with Crippen LogP contribution in [0.15, 0.2) is 58.2 Å². The van der Waals surface area contributed by atoms with Crippen molar-refractivity contribution in [1.82, 2.24) is 4.98 Å². The number of oxazole rings is 1. The molecule has 0 unspecified atom stereocenters. The molecule has 3 rings (SSSR count). The van der Waals surface area contributed by atoms with Gasteiger partial charge in [0, 0.05) is 21.8 Å². The topological polar surface area (TPSA) is 89.3 Å². The lowest BCUT2D eigenvalue weighted by Gasteiger charge is -2.02. The van der Waals surface area contributed by atoms with E-state index in [-0.39, 0.29) is 5.75 Å². The smallest absolute Gasteiger partial charge is 0.314 e. The number of hydrogen-bond acceptors (Lipinski definition) is 5. The van der Waals surface area contributed by atoms with E-state index in [1.54, 1.807) is 24.3 Å². The zero-order valence-electron chi connectivity index (χ0n) is 12.4. The molecule has 24 heavy (non-hydrogen) atoms. The number of anilines is 1. The molecule has 5 nitrogen and oxygen atoms in total. The molecular weight excluding hydrogens is 348 g/mol. The minimum Gasteiger partial charge on any atom is -0.481 e. The molecule has 3 N–H and O–H groups in total. The Morgan fingerprint density at radius 2 is 1.75 bits per heavy atom. The van der Waals surface area contributed by atoms with E-state index >= 15 is 0 Å². The van der Waals surface area contributed by atoms with Gasteiger partial charge in [0.1, 0.15) is 11.4 Å². The van der Waals surface area contributed by atoms with E-state index in [1.807, 2.05) is 24.3 Å². The van der Waals surface area contributed by atoms with Crippen LogP contribution in [0.4, 0.5) is 5.69 Å². The van der Waals surface area contributed by atoms with Gasteiger partial charge in [-0.05, 0) is 36.4 Å². The minimum atomic E-state index is -0.930. The molecule has 0 aliphatic heterocycles. The first-order valence-corrected chi connectivity index (χ1v) is 8.36. The molecule has 0 saturated carbocycles. The Balaban J connectivity index is 2.05. The Kier molecular flexibility index (Phi) is 4.78. The summed E-state index contributed by atoms with van der Waals surface area (Å²) in [6.45, 7) is 0. The van der Waals surface area contributed by atoms with Crippen LogP contribution in [0.5, 0.6) is 0 Å². The maximum absolute atomic E-state index is 10.8. The van der Waals surface area contributed by atoms with Crippen LogP contribution < -0.4 is 5.73 Å². The van der Waals surface area contributed by atoms with Gasteiger partial charge in [0.2, 0.25) is 0 Å². The molecule has 0 fully saturated rings. The van der Waals surface area contributed by atoms with Gasteiger partial charge in [-0.1, -0.05) is 35.5 Å². The Morgan fingerprint density at radius 3 is 2.38 bits per heavy atom. The summed E-state index contributed by atoms with van der Waals surface area (Å²) < 4.78 is 5.79. The fourth-order valence-electron chi connectivity index (χ4n) is 2.12. The molecule has 0 amide bonds. The fraction of sp³-hybridized carbons (Fsp3) is 0.0588. The van der Waals surface area contributed by atoms with Crippen molar-refractivity contribution in [3.63, 3.8) is 0 Å². The summed E-state index contributed by atoms with van der Waals surface area (Å²) in [7, 11) is 0. The number of nitrogens with zero attached hydrogens (tertiary/aromatic N) is 1. The summed E-state index contributed by atoms with van der Waals surface area (Å²) in [5.74, 6) is -0.493. The number of carbonyl (C=O) groups is 1. The monoisotopic (exact) mass is 360 g/mol. The zero-order valence-corrected chi connectivity index (χ0v) is 14.0. The van der Waals surface area contributed by atoms with E-state index in [1.165, 1.54) is 0 Å². The molecule has 0 aliphatic rings. The first-order valence-electron chi connectivity index (χ1n) is 7.00. The number of thioether (sulfide) groups is 1. The number of benzene rings is 2. The first kappa shape index (κ1) is 16.4. The van der Waals surface area contributed by atoms with Crippen LogP contribution in [0.1, 0.15) is 0 Å². The molecule has 2 aromatic carbocycles. The minimum absolute atomic E-state index is 0.123. The Hall–Kier alpha value is -2.44. The van der Waals surface area contributed by atoms with Crippen LogP contribution in [0.25, 0.3) is 22.6 Å². The average molecular weight is 361 g/mol. The van der Waals surface area contributed by atoms with Gasteiger partial charge in [-0.2, -0.15) is 0 Å². The Bertz CT molecular complexity index is 798. The van der Waals surface area contributed by atoms with Gasteiger partial charge in [0.25, 0.3) is 5.22 Å². The number of rotatable bonds is 5. The van der Waals surface area contributed by atoms with E-state index in [0.717, 1.165) is 22.9 Å². The second kappa shape index (κ2) is 6.98. The third kappa shape index (κ3) is 3.72. The van der Waals surface area contributed by atoms with Gasteiger partial charge in [0.15, 0.2) is 5.76 Å². The predicted molar refractivity (Wildman–Crippen MR) is 95.2 cm³/mol. The van der Waals surface area contributed by atoms with Crippen LogP contribution in [0.2, 0.25) is 5.02 Å². The molecule has 1 heterocycles. The number of carboxylic acids is 1. The number of aromatic nitrogens is 1. The molecule has 0 aliphatic carbocycles. The molecule has 0 saturated heterocycles. The molecule has 0 radical (unpaired) electrons. The van der Waals surface area contributed by atoms with Crippen molar-refractivity contribution in [1.29, 1.82) is 0 Å². The number of carboxylic acid groups (broad SMARTS) is 1. The molecule has 1 aromatic heterocycles. The van der Waals surface area contributed by atoms with Crippen LogP contribution in [-0.2, 0) is 4.79 Å². The van der Waals surface area contributed by atoms with Gasteiger partial charge in [-0.15, -0.1) is 0 Å². The molecule has 122 valence electrons. The van der Waals surface area contributed by atoms with Gasteiger partial charge in [-0.25, -0.2) is 4.98 Å². The molecule has 0 atom stereocenters. The summed E-state index contributed by atoms with van der Waals surface area (Å²) in [6.07, 6.45) is 0. The maximum atomic E-state index is 10.8. The summed E-state index contributed by atoms with van der Waals surface area (Å²) in [4.78, 5) is 15.2. The van der Waals surface area contributed by atoms with Crippen molar-refractivity contribution in [3.05, 3.63) is 53.6 Å². The lowest BCUT2D eigenvalue weighted by Crippen LogP contribution is -1.97. The zero-order chi connectivity index (χ0) is 17.1. The van der Waals surface area contributed by atoms with E-state index < -0.39 is 5.97 Å². The first-order chi connectivity index (χ1) is 11.5. The lowest BCUT2D eigenvalue weighted by atomic mass is 10.1. The SMILES string of the molecule is Nc1ccc(-c2oc(SCC(=O)O)nc2-c2ccc(Cl)cc2)cc1. The van der Waals surface area contributed by atoms with Crippen molar-refractivity contribution in [2.75, 3.05) is 11.5 Å². The molecule has 3 aromatic rings. The number of hydrogen-bond donors (Lipinski definition) is 2. The van der Waals surface area contributed by atoms with E-state index in [4.69, 9.17) is 26.9 Å². The standard InChI is InChI=1S/C17H13ClN2O3S/c18-12-5-1-10(2-6-12)15-16(11-3-7-13(19)8-4-11)23-17(20-15)24-9-14(21)22/h1-8H,9,19H2,(H,21,22). The number of halogens is 1. The molecule has 0 spiro atoms. The third-order valence-electron chi connectivity index (χ3n) is 3.22. The summed E-state index contributed by atoms with van der Waals surface area (Å²) in [5.41, 5.74) is 8.64. The van der Waals surface area contributed by atoms with E-state index in [0.29, 0.717) is 27.4 Å². The quantitative estimate of drug-likeness (QED) is 0.517. The van der Waals surface area contributed by atoms with Gasteiger partial charge in [0.05, 0.1) is 0 Å². The second-order valence-corrected chi connectivity index (χ2v) is 6.33. The highest BCUT2D eigenvalue weighted by molar-refractivity contribution is 7.99. The van der Waals surface area contributed by atoms with Gasteiger partial charge < -0.3 is 15.3 Å². The predicted octanol–water partition coefficient (Wildman–Crippen LogP) is 4.42. The Labute approximate surface area is 147 Å². The summed E-state index contributed by atoms with van der Waals surface area (Å²) in [6, 6.07) is 14.4. The Morgan fingerprint density at radius 1 is 1.12 bits per heavy atom. The maximum Gasteiger partial charge on any atom is 0.314 e. The number of nitrogen functional groups attached to an aromatic ring is 1. The van der Waals surface area contributed by atoms with Crippen molar-refractivity contribution in [2.45, 2.75) is 5.22 Å².